The Bertz CT molecular complexity index is 995. The first kappa shape index (κ1) is 16.2. The molecule has 0 aliphatic carbocycles. The molecule has 0 radical (unpaired) electrons. The van der Waals surface area contributed by atoms with Crippen LogP contribution in [0.1, 0.15) is 16.1 Å². The Morgan fingerprint density at radius 2 is 1.96 bits per heavy atom. The van der Waals surface area contributed by atoms with Crippen molar-refractivity contribution < 1.29 is 9.90 Å². The summed E-state index contributed by atoms with van der Waals surface area (Å²) in [6.45, 7) is 0. The minimum absolute atomic E-state index is 0.0119. The van der Waals surface area contributed by atoms with Gasteiger partial charge in [-0.1, -0.05) is 18.2 Å². The standard InChI is InChI=1S/C17H14N6O2/c18-15-5-4-13(10-24)22-23(15)16(19)7-11-2-1-3-12(6-11)17-20-8-14(25)9-21-17/h1-6,8-10,18-19,25H,7H2. The maximum absolute atomic E-state index is 10.8. The first-order chi connectivity index (χ1) is 12.1. The molecular formula is C17H14N6O2. The fourth-order valence-corrected chi connectivity index (χ4v) is 2.27. The SMILES string of the molecule is N=C(Cc1cccc(-c2ncc(O)cn2)c1)n1nc(C=O)ccc1=N. The van der Waals surface area contributed by atoms with Crippen LogP contribution in [0.2, 0.25) is 0 Å². The van der Waals surface area contributed by atoms with Gasteiger partial charge in [0.1, 0.15) is 17.0 Å². The summed E-state index contributed by atoms with van der Waals surface area (Å²) in [5, 5.41) is 29.2. The summed E-state index contributed by atoms with van der Waals surface area (Å²) in [7, 11) is 0. The molecule has 3 N–H and O–H groups in total. The summed E-state index contributed by atoms with van der Waals surface area (Å²) in [6.07, 6.45) is 3.42. The molecule has 8 heteroatoms. The normalized spacial score (nSPS) is 10.4. The van der Waals surface area contributed by atoms with E-state index in [9.17, 15) is 9.90 Å². The van der Waals surface area contributed by atoms with Crippen LogP contribution in [0.25, 0.3) is 11.4 Å². The zero-order valence-corrected chi connectivity index (χ0v) is 13.0. The predicted octanol–water partition coefficient (Wildman–Crippen LogP) is 1.41. The van der Waals surface area contributed by atoms with E-state index in [-0.39, 0.29) is 29.2 Å². The summed E-state index contributed by atoms with van der Waals surface area (Å²) in [6, 6.07) is 10.2. The van der Waals surface area contributed by atoms with Gasteiger partial charge in [0.25, 0.3) is 0 Å². The maximum Gasteiger partial charge on any atom is 0.170 e. The number of hydrogen-bond acceptors (Lipinski definition) is 7. The number of nitrogens with zero attached hydrogens (tertiary/aromatic N) is 4. The minimum Gasteiger partial charge on any atom is -0.505 e. The van der Waals surface area contributed by atoms with Crippen LogP contribution in [-0.2, 0) is 6.42 Å². The zero-order chi connectivity index (χ0) is 17.8. The van der Waals surface area contributed by atoms with Crippen LogP contribution in [0.15, 0.2) is 48.8 Å². The summed E-state index contributed by atoms with van der Waals surface area (Å²) < 4.78 is 1.12. The molecule has 0 aliphatic heterocycles. The van der Waals surface area contributed by atoms with Crippen LogP contribution in [0.5, 0.6) is 5.75 Å². The molecule has 124 valence electrons. The molecular weight excluding hydrogens is 320 g/mol. The average molecular weight is 334 g/mol. The van der Waals surface area contributed by atoms with Crippen molar-refractivity contribution in [3.05, 3.63) is 65.5 Å². The van der Waals surface area contributed by atoms with Crippen LogP contribution in [0.3, 0.4) is 0 Å². The second-order valence-electron chi connectivity index (χ2n) is 5.26. The van der Waals surface area contributed by atoms with Crippen LogP contribution >= 0.6 is 0 Å². The van der Waals surface area contributed by atoms with Gasteiger partial charge in [-0.2, -0.15) is 5.10 Å². The molecule has 2 heterocycles. The van der Waals surface area contributed by atoms with Crippen molar-refractivity contribution in [1.82, 2.24) is 19.7 Å². The third-order valence-corrected chi connectivity index (χ3v) is 3.43. The Kier molecular flexibility index (Phi) is 4.42. The quantitative estimate of drug-likeness (QED) is 0.377. The third kappa shape index (κ3) is 3.63. The topological polar surface area (TPSA) is 129 Å². The maximum atomic E-state index is 10.8. The second-order valence-corrected chi connectivity index (χ2v) is 5.26. The molecule has 0 aliphatic rings. The monoisotopic (exact) mass is 334 g/mol. The predicted molar refractivity (Wildman–Crippen MR) is 89.4 cm³/mol. The molecule has 0 bridgehead atoms. The second kappa shape index (κ2) is 6.83. The number of nitrogens with one attached hydrogen (secondary N) is 2. The fourth-order valence-electron chi connectivity index (χ4n) is 2.27. The highest BCUT2D eigenvalue weighted by Crippen LogP contribution is 2.17. The van der Waals surface area contributed by atoms with Gasteiger partial charge in [-0.25, -0.2) is 14.6 Å². The lowest BCUT2D eigenvalue weighted by Crippen LogP contribution is -2.30. The molecule has 3 aromatic rings. The Hall–Kier alpha value is -3.68. The number of aldehydes is 1. The Balaban J connectivity index is 1.87. The highest BCUT2D eigenvalue weighted by molar-refractivity contribution is 5.83. The minimum atomic E-state index is -0.0119. The molecule has 0 spiro atoms. The molecule has 8 nitrogen and oxygen atoms in total. The van der Waals surface area contributed by atoms with Crippen LogP contribution in [0, 0.1) is 10.8 Å². The molecule has 0 amide bonds. The Labute approximate surface area is 142 Å². The Morgan fingerprint density at radius 3 is 2.68 bits per heavy atom. The van der Waals surface area contributed by atoms with Crippen LogP contribution < -0.4 is 5.49 Å². The lowest BCUT2D eigenvalue weighted by Gasteiger charge is -2.09. The first-order valence-corrected chi connectivity index (χ1v) is 7.35. The summed E-state index contributed by atoms with van der Waals surface area (Å²) in [5.41, 5.74) is 1.74. The third-order valence-electron chi connectivity index (χ3n) is 3.43. The van der Waals surface area contributed by atoms with Crippen molar-refractivity contribution in [3.63, 3.8) is 0 Å². The largest absolute Gasteiger partial charge is 0.505 e. The molecule has 25 heavy (non-hydrogen) atoms. The van der Waals surface area contributed by atoms with Crippen molar-refractivity contribution in [2.45, 2.75) is 6.42 Å². The summed E-state index contributed by atoms with van der Waals surface area (Å²) >= 11 is 0. The van der Waals surface area contributed by atoms with Gasteiger partial charge >= 0.3 is 0 Å². The molecule has 0 atom stereocenters. The molecule has 0 saturated heterocycles. The number of rotatable bonds is 4. The van der Waals surface area contributed by atoms with E-state index in [1.165, 1.54) is 24.5 Å². The van der Waals surface area contributed by atoms with E-state index in [0.29, 0.717) is 12.1 Å². The number of carbonyl (C=O) groups excluding carboxylic acids is 1. The van der Waals surface area contributed by atoms with Crippen LogP contribution in [0.4, 0.5) is 0 Å². The lowest BCUT2D eigenvalue weighted by atomic mass is 10.1. The average Bonchev–Trinajstić information content (AvgIpc) is 2.63. The van der Waals surface area contributed by atoms with E-state index in [0.717, 1.165) is 15.8 Å². The smallest absolute Gasteiger partial charge is 0.170 e. The number of carbonyl (C=O) groups is 1. The zero-order valence-electron chi connectivity index (χ0n) is 13.0. The molecule has 1 aromatic carbocycles. The molecule has 0 unspecified atom stereocenters. The van der Waals surface area contributed by atoms with Crippen molar-refractivity contribution >= 4 is 12.1 Å². The Morgan fingerprint density at radius 1 is 1.20 bits per heavy atom. The van der Waals surface area contributed by atoms with E-state index < -0.39 is 0 Å². The van der Waals surface area contributed by atoms with Gasteiger partial charge in [0.2, 0.25) is 0 Å². The highest BCUT2D eigenvalue weighted by Gasteiger charge is 2.08. The van der Waals surface area contributed by atoms with Crippen molar-refractivity contribution in [3.8, 4) is 17.1 Å². The van der Waals surface area contributed by atoms with Crippen LogP contribution in [-0.4, -0.2) is 37.0 Å². The van der Waals surface area contributed by atoms with Gasteiger partial charge in [-0.3, -0.25) is 15.6 Å². The number of aromatic nitrogens is 4. The fraction of sp³-hybridized carbons (Fsp3) is 0.0588. The van der Waals surface area contributed by atoms with Gasteiger partial charge in [0, 0.05) is 12.0 Å². The molecule has 0 saturated carbocycles. The van der Waals surface area contributed by atoms with E-state index in [1.54, 1.807) is 0 Å². The van der Waals surface area contributed by atoms with Crippen molar-refractivity contribution in [1.29, 1.82) is 10.8 Å². The van der Waals surface area contributed by atoms with E-state index in [1.807, 2.05) is 24.3 Å². The van der Waals surface area contributed by atoms with E-state index in [2.05, 4.69) is 15.1 Å². The first-order valence-electron chi connectivity index (χ1n) is 7.35. The molecule has 0 fully saturated rings. The summed E-state index contributed by atoms with van der Waals surface area (Å²) in [4.78, 5) is 19.0. The van der Waals surface area contributed by atoms with Crippen molar-refractivity contribution in [2.75, 3.05) is 0 Å². The van der Waals surface area contributed by atoms with Gasteiger partial charge in [-0.15, -0.1) is 0 Å². The highest BCUT2D eigenvalue weighted by atomic mass is 16.3. The lowest BCUT2D eigenvalue weighted by molar-refractivity contribution is 0.111. The summed E-state index contributed by atoms with van der Waals surface area (Å²) in [5.74, 6) is 0.515. The van der Waals surface area contributed by atoms with Gasteiger partial charge in [0.15, 0.2) is 17.9 Å². The van der Waals surface area contributed by atoms with Gasteiger partial charge in [-0.05, 0) is 23.8 Å². The number of benzene rings is 1. The molecule has 2 aromatic heterocycles. The number of hydrogen-bond donors (Lipinski definition) is 3. The van der Waals surface area contributed by atoms with Gasteiger partial charge in [0.05, 0.1) is 12.4 Å². The van der Waals surface area contributed by atoms with E-state index >= 15 is 0 Å². The molecule has 3 rings (SSSR count). The van der Waals surface area contributed by atoms with Crippen molar-refractivity contribution in [2.24, 2.45) is 0 Å². The number of aromatic hydroxyl groups is 1. The van der Waals surface area contributed by atoms with E-state index in [4.69, 9.17) is 10.8 Å². The van der Waals surface area contributed by atoms with Gasteiger partial charge < -0.3 is 5.11 Å².